The Morgan fingerprint density at radius 3 is 2.53 bits per heavy atom. The van der Waals surface area contributed by atoms with Gasteiger partial charge in [-0.2, -0.15) is 0 Å². The molecule has 2 N–H and O–H groups in total. The van der Waals surface area contributed by atoms with Gasteiger partial charge >= 0.3 is 0 Å². The van der Waals surface area contributed by atoms with Crippen LogP contribution in [0, 0.1) is 6.92 Å². The highest BCUT2D eigenvalue weighted by Crippen LogP contribution is 2.39. The van der Waals surface area contributed by atoms with Gasteiger partial charge in [-0.05, 0) is 32.6 Å². The molecule has 1 aromatic heterocycles. The Hall–Kier alpha value is -1.16. The first-order chi connectivity index (χ1) is 8.22. The molecule has 1 aliphatic carbocycles. The van der Waals surface area contributed by atoms with Crippen LogP contribution in [0.5, 0.6) is 0 Å². The molecule has 0 atom stereocenters. The van der Waals surface area contributed by atoms with Gasteiger partial charge in [0.1, 0.15) is 11.6 Å². The van der Waals surface area contributed by atoms with E-state index in [1.165, 1.54) is 18.5 Å². The molecule has 17 heavy (non-hydrogen) atoms. The SMILES string of the molecule is Cc1nc(C2CC2)cc(N2CCC(N)CC2)n1. The van der Waals surface area contributed by atoms with E-state index in [4.69, 9.17) is 5.73 Å². The zero-order chi connectivity index (χ0) is 11.8. The van der Waals surface area contributed by atoms with Gasteiger partial charge in [-0.1, -0.05) is 0 Å². The minimum atomic E-state index is 0.372. The molecule has 0 radical (unpaired) electrons. The molecule has 0 aromatic carbocycles. The third-order valence-corrected chi connectivity index (χ3v) is 3.70. The van der Waals surface area contributed by atoms with Crippen LogP contribution in [0.2, 0.25) is 0 Å². The Bertz CT molecular complexity index is 406. The number of nitrogens with zero attached hydrogens (tertiary/aromatic N) is 3. The van der Waals surface area contributed by atoms with Crippen LogP contribution in [0.3, 0.4) is 0 Å². The summed E-state index contributed by atoms with van der Waals surface area (Å²) in [4.78, 5) is 11.5. The number of rotatable bonds is 2. The third kappa shape index (κ3) is 2.41. The van der Waals surface area contributed by atoms with E-state index in [-0.39, 0.29) is 0 Å². The van der Waals surface area contributed by atoms with Crippen LogP contribution in [0.25, 0.3) is 0 Å². The number of aryl methyl sites for hydroxylation is 1. The second kappa shape index (κ2) is 4.26. The molecule has 2 aliphatic rings. The van der Waals surface area contributed by atoms with E-state index in [0.29, 0.717) is 12.0 Å². The van der Waals surface area contributed by atoms with E-state index in [9.17, 15) is 0 Å². The summed E-state index contributed by atoms with van der Waals surface area (Å²) < 4.78 is 0. The van der Waals surface area contributed by atoms with E-state index < -0.39 is 0 Å². The number of nitrogens with two attached hydrogens (primary N) is 1. The number of hydrogen-bond donors (Lipinski definition) is 1. The number of aromatic nitrogens is 2. The van der Waals surface area contributed by atoms with Crippen LogP contribution in [0.15, 0.2) is 6.07 Å². The van der Waals surface area contributed by atoms with Crippen molar-refractivity contribution in [2.45, 2.75) is 44.6 Å². The van der Waals surface area contributed by atoms with Crippen LogP contribution < -0.4 is 10.6 Å². The molecule has 2 fully saturated rings. The van der Waals surface area contributed by atoms with Crippen molar-refractivity contribution in [1.82, 2.24) is 9.97 Å². The fourth-order valence-electron chi connectivity index (χ4n) is 2.45. The molecule has 92 valence electrons. The molecule has 4 heteroatoms. The van der Waals surface area contributed by atoms with E-state index in [0.717, 1.165) is 37.6 Å². The van der Waals surface area contributed by atoms with E-state index in [1.54, 1.807) is 0 Å². The predicted molar refractivity (Wildman–Crippen MR) is 68.2 cm³/mol. The first kappa shape index (κ1) is 11.0. The van der Waals surface area contributed by atoms with E-state index in [1.807, 2.05) is 6.92 Å². The van der Waals surface area contributed by atoms with Crippen molar-refractivity contribution >= 4 is 5.82 Å². The Morgan fingerprint density at radius 2 is 1.88 bits per heavy atom. The zero-order valence-electron chi connectivity index (χ0n) is 10.4. The number of hydrogen-bond acceptors (Lipinski definition) is 4. The Balaban J connectivity index is 1.81. The average Bonchev–Trinajstić information content (AvgIpc) is 3.13. The summed E-state index contributed by atoms with van der Waals surface area (Å²) >= 11 is 0. The highest BCUT2D eigenvalue weighted by atomic mass is 15.2. The lowest BCUT2D eigenvalue weighted by atomic mass is 10.1. The second-order valence-corrected chi connectivity index (χ2v) is 5.30. The molecule has 0 unspecified atom stereocenters. The van der Waals surface area contributed by atoms with Crippen molar-refractivity contribution in [3.8, 4) is 0 Å². The molecular formula is C13H20N4. The maximum absolute atomic E-state index is 5.93. The first-order valence-corrected chi connectivity index (χ1v) is 6.58. The normalized spacial score (nSPS) is 21.9. The minimum absolute atomic E-state index is 0.372. The summed E-state index contributed by atoms with van der Waals surface area (Å²) in [5.41, 5.74) is 7.17. The smallest absolute Gasteiger partial charge is 0.132 e. The molecule has 3 rings (SSSR count). The number of piperidine rings is 1. The van der Waals surface area contributed by atoms with Gasteiger partial charge in [0.05, 0.1) is 0 Å². The summed E-state index contributed by atoms with van der Waals surface area (Å²) in [7, 11) is 0. The van der Waals surface area contributed by atoms with Gasteiger partial charge in [0.15, 0.2) is 0 Å². The van der Waals surface area contributed by atoms with Crippen LogP contribution in [0.1, 0.15) is 43.1 Å². The zero-order valence-corrected chi connectivity index (χ0v) is 10.4. The van der Waals surface area contributed by atoms with Crippen molar-refractivity contribution in [3.63, 3.8) is 0 Å². The molecule has 1 aliphatic heterocycles. The predicted octanol–water partition coefficient (Wildman–Crippen LogP) is 1.59. The molecule has 4 nitrogen and oxygen atoms in total. The maximum atomic E-state index is 5.93. The highest BCUT2D eigenvalue weighted by Gasteiger charge is 2.27. The molecule has 1 saturated carbocycles. The average molecular weight is 232 g/mol. The monoisotopic (exact) mass is 232 g/mol. The fraction of sp³-hybridized carbons (Fsp3) is 0.692. The molecule has 2 heterocycles. The van der Waals surface area contributed by atoms with Gasteiger partial charge in [0.2, 0.25) is 0 Å². The van der Waals surface area contributed by atoms with Crippen molar-refractivity contribution in [2.75, 3.05) is 18.0 Å². The number of anilines is 1. The Labute approximate surface area is 102 Å². The van der Waals surface area contributed by atoms with Gasteiger partial charge in [0, 0.05) is 36.8 Å². The van der Waals surface area contributed by atoms with Crippen LogP contribution in [0.4, 0.5) is 5.82 Å². The van der Waals surface area contributed by atoms with Crippen molar-refractivity contribution in [2.24, 2.45) is 5.73 Å². The lowest BCUT2D eigenvalue weighted by molar-refractivity contribution is 0.498. The van der Waals surface area contributed by atoms with Gasteiger partial charge in [-0.3, -0.25) is 0 Å². The maximum Gasteiger partial charge on any atom is 0.132 e. The summed E-state index contributed by atoms with van der Waals surface area (Å²) in [5, 5.41) is 0. The molecule has 0 bridgehead atoms. The highest BCUT2D eigenvalue weighted by molar-refractivity contribution is 5.41. The summed E-state index contributed by atoms with van der Waals surface area (Å²) in [5.74, 6) is 2.70. The van der Waals surface area contributed by atoms with Gasteiger partial charge < -0.3 is 10.6 Å². The topological polar surface area (TPSA) is 55.0 Å². The molecule has 0 spiro atoms. The standard InChI is InChI=1S/C13H20N4/c1-9-15-12(10-2-3-10)8-13(16-9)17-6-4-11(14)5-7-17/h8,10-11H,2-7,14H2,1H3. The summed E-state index contributed by atoms with van der Waals surface area (Å²) in [6.45, 7) is 4.05. The molecule has 1 saturated heterocycles. The molecule has 1 aromatic rings. The molecule has 0 amide bonds. The first-order valence-electron chi connectivity index (χ1n) is 6.58. The van der Waals surface area contributed by atoms with Crippen molar-refractivity contribution < 1.29 is 0 Å². The van der Waals surface area contributed by atoms with E-state index in [2.05, 4.69) is 20.9 Å². The van der Waals surface area contributed by atoms with Gasteiger partial charge in [-0.15, -0.1) is 0 Å². The largest absolute Gasteiger partial charge is 0.356 e. The lowest BCUT2D eigenvalue weighted by Crippen LogP contribution is -2.40. The molecular weight excluding hydrogens is 212 g/mol. The Kier molecular flexibility index (Phi) is 2.74. The van der Waals surface area contributed by atoms with Crippen molar-refractivity contribution in [3.05, 3.63) is 17.6 Å². The quantitative estimate of drug-likeness (QED) is 0.841. The summed E-state index contributed by atoms with van der Waals surface area (Å²) in [6.07, 6.45) is 4.73. The minimum Gasteiger partial charge on any atom is -0.356 e. The lowest BCUT2D eigenvalue weighted by Gasteiger charge is -2.31. The van der Waals surface area contributed by atoms with Crippen LogP contribution in [-0.4, -0.2) is 29.1 Å². The van der Waals surface area contributed by atoms with Crippen LogP contribution in [-0.2, 0) is 0 Å². The van der Waals surface area contributed by atoms with Gasteiger partial charge in [-0.25, -0.2) is 9.97 Å². The fourth-order valence-corrected chi connectivity index (χ4v) is 2.45. The Morgan fingerprint density at radius 1 is 1.18 bits per heavy atom. The third-order valence-electron chi connectivity index (χ3n) is 3.70. The van der Waals surface area contributed by atoms with E-state index >= 15 is 0 Å². The van der Waals surface area contributed by atoms with Gasteiger partial charge in [0.25, 0.3) is 0 Å². The summed E-state index contributed by atoms with van der Waals surface area (Å²) in [6, 6.07) is 2.55. The van der Waals surface area contributed by atoms with Crippen LogP contribution >= 0.6 is 0 Å². The van der Waals surface area contributed by atoms with Crippen molar-refractivity contribution in [1.29, 1.82) is 0 Å². The second-order valence-electron chi connectivity index (χ2n) is 5.30.